The van der Waals surface area contributed by atoms with Crippen molar-refractivity contribution in [2.24, 2.45) is 0 Å². The van der Waals surface area contributed by atoms with Crippen LogP contribution >= 0.6 is 0 Å². The SMILES string of the molecule is CCN1C(=O)[C@H](NC(=O)c2cccc(C(F)(F)F)c2)[C@@H](c2ccccc2N(C)C#N)c2cnn(-c3ccccc3)c21. The van der Waals surface area contributed by atoms with Crippen molar-refractivity contribution in [3.05, 3.63) is 107 Å². The summed E-state index contributed by atoms with van der Waals surface area (Å²) < 4.78 is 41.7. The molecule has 0 aliphatic carbocycles. The zero-order chi connectivity index (χ0) is 29.3. The van der Waals surface area contributed by atoms with Gasteiger partial charge in [0.05, 0.1) is 23.1 Å². The van der Waals surface area contributed by atoms with Gasteiger partial charge in [0, 0.05) is 30.6 Å². The van der Waals surface area contributed by atoms with Crippen molar-refractivity contribution in [2.75, 3.05) is 23.4 Å². The zero-order valence-corrected chi connectivity index (χ0v) is 22.1. The molecular formula is C30H25F3N6O2. The van der Waals surface area contributed by atoms with Gasteiger partial charge in [0.2, 0.25) is 0 Å². The van der Waals surface area contributed by atoms with Crippen LogP contribution in [0.4, 0.5) is 24.7 Å². The maximum Gasteiger partial charge on any atom is 0.416 e. The number of halogens is 3. The van der Waals surface area contributed by atoms with E-state index in [2.05, 4.69) is 16.6 Å². The van der Waals surface area contributed by atoms with Crippen molar-refractivity contribution >= 4 is 23.3 Å². The second-order valence-corrected chi connectivity index (χ2v) is 9.48. The Morgan fingerprint density at radius 1 is 1.05 bits per heavy atom. The summed E-state index contributed by atoms with van der Waals surface area (Å²) in [7, 11) is 1.58. The van der Waals surface area contributed by atoms with E-state index >= 15 is 0 Å². The number of rotatable bonds is 6. The Labute approximate surface area is 234 Å². The molecule has 1 aliphatic rings. The van der Waals surface area contributed by atoms with Gasteiger partial charge in [0.1, 0.15) is 11.9 Å². The molecule has 0 fully saturated rings. The van der Waals surface area contributed by atoms with Gasteiger partial charge < -0.3 is 5.32 Å². The number of hydrogen-bond acceptors (Lipinski definition) is 5. The third-order valence-electron chi connectivity index (χ3n) is 7.07. The lowest BCUT2D eigenvalue weighted by molar-refractivity contribution is -0.137. The van der Waals surface area contributed by atoms with Gasteiger partial charge in [-0.2, -0.15) is 23.5 Å². The van der Waals surface area contributed by atoms with E-state index < -0.39 is 35.5 Å². The van der Waals surface area contributed by atoms with Gasteiger partial charge in [-0.1, -0.05) is 42.5 Å². The second-order valence-electron chi connectivity index (χ2n) is 9.48. The van der Waals surface area contributed by atoms with Gasteiger partial charge in [-0.05, 0) is 48.9 Å². The number of anilines is 2. The number of carbonyl (C=O) groups is 2. The fourth-order valence-corrected chi connectivity index (χ4v) is 5.17. The number of likely N-dealkylation sites (N-methyl/N-ethyl adjacent to an activating group) is 1. The molecule has 2 amide bonds. The largest absolute Gasteiger partial charge is 0.416 e. The first-order chi connectivity index (χ1) is 19.7. The van der Waals surface area contributed by atoms with E-state index in [-0.39, 0.29) is 12.1 Å². The van der Waals surface area contributed by atoms with Gasteiger partial charge >= 0.3 is 6.18 Å². The standard InChI is InChI=1S/C30H25F3N6O2/c1-3-38-28-23(17-35-39(28)21-12-5-4-6-13-21)25(22-14-7-8-15-24(22)37(2)18-34)26(29(38)41)36-27(40)19-10-9-11-20(16-19)30(31,32)33/h4-17,25-26H,3H2,1-2H3,(H,36,40)/t25-,26+/m0/s1. The molecule has 41 heavy (non-hydrogen) atoms. The molecule has 2 heterocycles. The molecule has 0 radical (unpaired) electrons. The highest BCUT2D eigenvalue weighted by molar-refractivity contribution is 6.05. The zero-order valence-electron chi connectivity index (χ0n) is 22.1. The van der Waals surface area contributed by atoms with Gasteiger partial charge in [0.25, 0.3) is 11.8 Å². The van der Waals surface area contributed by atoms with Gasteiger partial charge in [-0.15, -0.1) is 0 Å². The summed E-state index contributed by atoms with van der Waals surface area (Å²) in [6.07, 6.45) is -0.947. The smallest absolute Gasteiger partial charge is 0.339 e. The first-order valence-corrected chi connectivity index (χ1v) is 12.8. The highest BCUT2D eigenvalue weighted by Gasteiger charge is 2.45. The van der Waals surface area contributed by atoms with Gasteiger partial charge in [-0.3, -0.25) is 19.4 Å². The summed E-state index contributed by atoms with van der Waals surface area (Å²) in [5.41, 5.74) is 1.20. The maximum absolute atomic E-state index is 14.1. The quantitative estimate of drug-likeness (QED) is 0.262. The Morgan fingerprint density at radius 2 is 1.76 bits per heavy atom. The molecule has 2 atom stereocenters. The highest BCUT2D eigenvalue weighted by atomic mass is 19.4. The first-order valence-electron chi connectivity index (χ1n) is 12.8. The molecule has 0 unspecified atom stereocenters. The van der Waals surface area contributed by atoms with Crippen LogP contribution in [-0.2, 0) is 11.0 Å². The van der Waals surface area contributed by atoms with Crippen molar-refractivity contribution in [2.45, 2.75) is 25.1 Å². The molecule has 208 valence electrons. The van der Waals surface area contributed by atoms with E-state index in [9.17, 15) is 28.0 Å². The van der Waals surface area contributed by atoms with Gasteiger partial charge in [-0.25, -0.2) is 4.68 Å². The number of nitrogens with one attached hydrogen (secondary N) is 1. The highest BCUT2D eigenvalue weighted by Crippen LogP contribution is 2.44. The van der Waals surface area contributed by atoms with Crippen LogP contribution in [0.2, 0.25) is 0 Å². The van der Waals surface area contributed by atoms with Crippen molar-refractivity contribution in [3.8, 4) is 11.9 Å². The van der Waals surface area contributed by atoms with Crippen LogP contribution in [0.25, 0.3) is 5.69 Å². The van der Waals surface area contributed by atoms with E-state index in [1.165, 1.54) is 15.9 Å². The average Bonchev–Trinajstić information content (AvgIpc) is 3.41. The topological polar surface area (TPSA) is 94.3 Å². The van der Waals surface area contributed by atoms with Crippen molar-refractivity contribution in [1.29, 1.82) is 5.26 Å². The molecule has 0 bridgehead atoms. The maximum atomic E-state index is 14.1. The van der Waals surface area contributed by atoms with Crippen LogP contribution in [0.1, 0.15) is 39.9 Å². The molecule has 11 heteroatoms. The van der Waals surface area contributed by atoms with E-state index in [0.717, 1.165) is 18.2 Å². The summed E-state index contributed by atoms with van der Waals surface area (Å²) in [6.45, 7) is 2.03. The summed E-state index contributed by atoms with van der Waals surface area (Å²) in [5, 5.41) is 17.0. The molecule has 1 aliphatic heterocycles. The number of benzene rings is 3. The number of hydrogen-bond donors (Lipinski definition) is 1. The molecule has 3 aromatic carbocycles. The Kier molecular flexibility index (Phi) is 7.24. The van der Waals surface area contributed by atoms with Crippen LogP contribution in [0.15, 0.2) is 85.1 Å². The van der Waals surface area contributed by atoms with E-state index in [4.69, 9.17) is 0 Å². The molecule has 8 nitrogen and oxygen atoms in total. The third-order valence-corrected chi connectivity index (χ3v) is 7.07. The van der Waals surface area contributed by atoms with Crippen LogP contribution in [0.5, 0.6) is 0 Å². The monoisotopic (exact) mass is 558 g/mol. The summed E-state index contributed by atoms with van der Waals surface area (Å²) in [6, 6.07) is 19.1. The average molecular weight is 559 g/mol. The Morgan fingerprint density at radius 3 is 2.44 bits per heavy atom. The number of alkyl halides is 3. The van der Waals surface area contributed by atoms with E-state index in [1.54, 1.807) is 49.1 Å². The minimum Gasteiger partial charge on any atom is -0.339 e. The minimum absolute atomic E-state index is 0.234. The molecular weight excluding hydrogens is 533 g/mol. The lowest BCUT2D eigenvalue weighted by Crippen LogP contribution is -2.55. The number of fused-ring (bicyclic) bond motifs is 1. The number of amides is 2. The predicted octanol–water partition coefficient (Wildman–Crippen LogP) is 5.11. The first kappa shape index (κ1) is 27.5. The number of carbonyl (C=O) groups excluding carboxylic acids is 2. The lowest BCUT2D eigenvalue weighted by atomic mass is 9.81. The van der Waals surface area contributed by atoms with Crippen LogP contribution in [0, 0.1) is 11.5 Å². The molecule has 1 aromatic heterocycles. The molecule has 0 spiro atoms. The Balaban J connectivity index is 1.67. The summed E-state index contributed by atoms with van der Waals surface area (Å²) in [4.78, 5) is 30.4. The number of aromatic nitrogens is 2. The fourth-order valence-electron chi connectivity index (χ4n) is 5.17. The number of para-hydroxylation sites is 2. The van der Waals surface area contributed by atoms with Crippen molar-refractivity contribution in [3.63, 3.8) is 0 Å². The summed E-state index contributed by atoms with van der Waals surface area (Å²) in [5.74, 6) is -1.59. The Hall–Kier alpha value is -5.11. The number of nitrogens with zero attached hydrogens (tertiary/aromatic N) is 5. The third kappa shape index (κ3) is 5.00. The molecule has 0 saturated heterocycles. The molecule has 5 rings (SSSR count). The fraction of sp³-hybridized carbons (Fsp3) is 0.200. The number of nitriles is 1. The van der Waals surface area contributed by atoms with Crippen molar-refractivity contribution < 1.29 is 22.8 Å². The predicted molar refractivity (Wildman–Crippen MR) is 147 cm³/mol. The molecule has 4 aromatic rings. The van der Waals surface area contributed by atoms with Crippen LogP contribution in [-0.4, -0.2) is 41.2 Å². The second kappa shape index (κ2) is 10.8. The van der Waals surface area contributed by atoms with Crippen molar-refractivity contribution in [1.82, 2.24) is 15.1 Å². The van der Waals surface area contributed by atoms with Gasteiger partial charge in [0.15, 0.2) is 6.19 Å². The normalized spacial score (nSPS) is 16.6. The lowest BCUT2D eigenvalue weighted by Gasteiger charge is -2.39. The van der Waals surface area contributed by atoms with Crippen LogP contribution < -0.4 is 15.1 Å². The molecule has 0 saturated carbocycles. The minimum atomic E-state index is -4.64. The van der Waals surface area contributed by atoms with Crippen LogP contribution in [0.3, 0.4) is 0 Å². The van der Waals surface area contributed by atoms with E-state index in [0.29, 0.717) is 28.3 Å². The molecule has 1 N–H and O–H groups in total. The van der Waals surface area contributed by atoms with E-state index in [1.807, 2.05) is 30.3 Å². The Bertz CT molecular complexity index is 1640. The summed E-state index contributed by atoms with van der Waals surface area (Å²) >= 11 is 0.